The molecule has 0 radical (unpaired) electrons. The molecule has 1 amide bonds. The summed E-state index contributed by atoms with van der Waals surface area (Å²) in [7, 11) is 0. The summed E-state index contributed by atoms with van der Waals surface area (Å²) < 4.78 is 27.4. The molecule has 0 spiro atoms. The second-order valence-corrected chi connectivity index (χ2v) is 11.5. The largest absolute Gasteiger partial charge is 0.506 e. The molecule has 1 aromatic heterocycles. The van der Waals surface area contributed by atoms with Crippen molar-refractivity contribution in [2.45, 2.75) is 26.8 Å². The Morgan fingerprint density at radius 1 is 1.32 bits per heavy atom. The zero-order chi connectivity index (χ0) is 26.9. The lowest BCUT2D eigenvalue weighted by molar-refractivity contribution is -0.121. The number of benzene rings is 2. The average Bonchev–Trinajstić information content (AvgIpc) is 3.35. The molecular weight excluding hydrogens is 629 g/mol. The van der Waals surface area contributed by atoms with Crippen LogP contribution in [0, 0.1) is 34.9 Å². The highest BCUT2D eigenvalue weighted by Crippen LogP contribution is 2.37. The van der Waals surface area contributed by atoms with Crippen molar-refractivity contribution < 1.29 is 19.0 Å². The number of aromatic nitrogens is 2. The van der Waals surface area contributed by atoms with Crippen molar-refractivity contribution in [3.05, 3.63) is 55.2 Å². The molecule has 37 heavy (non-hydrogen) atoms. The van der Waals surface area contributed by atoms with Gasteiger partial charge in [0.05, 0.1) is 32.8 Å². The number of fused-ring (bicyclic) bond motifs is 2. The number of nitrogens with zero attached hydrogens (tertiary/aromatic N) is 5. The fourth-order valence-corrected chi connectivity index (χ4v) is 5.82. The first-order valence-corrected chi connectivity index (χ1v) is 13.3. The zero-order valence-corrected chi connectivity index (χ0v) is 23.7. The molecule has 2 aromatic carbocycles. The van der Waals surface area contributed by atoms with Crippen LogP contribution in [0.1, 0.15) is 25.2 Å². The van der Waals surface area contributed by atoms with Gasteiger partial charge in [-0.1, -0.05) is 19.8 Å². The van der Waals surface area contributed by atoms with E-state index < -0.39 is 5.82 Å². The molecule has 0 saturated heterocycles. The summed E-state index contributed by atoms with van der Waals surface area (Å²) in [5.74, 6) is 3.04. The molecule has 0 atom stereocenters. The van der Waals surface area contributed by atoms with Crippen LogP contribution < -0.4 is 14.4 Å². The number of rotatable bonds is 2. The van der Waals surface area contributed by atoms with Gasteiger partial charge in [0.2, 0.25) is 4.80 Å². The number of anilines is 1. The van der Waals surface area contributed by atoms with Crippen LogP contribution in [-0.4, -0.2) is 33.1 Å². The minimum atomic E-state index is -0.515. The molecule has 0 aliphatic carbocycles. The summed E-state index contributed by atoms with van der Waals surface area (Å²) in [6.07, 6.45) is 6.22. The maximum Gasteiger partial charge on any atom is 0.265 e. The number of ether oxygens (including phenoxy) is 1. The summed E-state index contributed by atoms with van der Waals surface area (Å²) >= 11 is 7.45. The molecule has 8 nitrogen and oxygen atoms in total. The Morgan fingerprint density at radius 2 is 2.03 bits per heavy atom. The molecular formula is C25H20Br2FN5O3S. The first-order valence-electron chi connectivity index (χ1n) is 10.9. The third kappa shape index (κ3) is 5.72. The van der Waals surface area contributed by atoms with Crippen molar-refractivity contribution in [2.24, 2.45) is 10.4 Å². The molecule has 12 heteroatoms. The van der Waals surface area contributed by atoms with Crippen molar-refractivity contribution >= 4 is 60.7 Å². The molecule has 0 bridgehead atoms. The average molecular weight is 649 g/mol. The van der Waals surface area contributed by atoms with Crippen LogP contribution in [0.3, 0.4) is 0 Å². The summed E-state index contributed by atoms with van der Waals surface area (Å²) in [5, 5.41) is 17.7. The predicted molar refractivity (Wildman–Crippen MR) is 144 cm³/mol. The van der Waals surface area contributed by atoms with Gasteiger partial charge in [0.15, 0.2) is 12.4 Å². The number of phenolic OH excluding ortho intramolecular Hbond substituents is 1. The number of carbonyl (C=O) groups is 1. The van der Waals surface area contributed by atoms with E-state index in [-0.39, 0.29) is 35.9 Å². The smallest absolute Gasteiger partial charge is 0.265 e. The van der Waals surface area contributed by atoms with Crippen LogP contribution in [0.15, 0.2) is 38.2 Å². The number of nitriles is 1. The lowest BCUT2D eigenvalue weighted by Gasteiger charge is -2.28. The first kappa shape index (κ1) is 26.9. The number of hydrogen-bond acceptors (Lipinski definition) is 7. The Morgan fingerprint density at radius 3 is 2.68 bits per heavy atom. The van der Waals surface area contributed by atoms with E-state index in [0.717, 1.165) is 18.8 Å². The molecule has 2 aliphatic heterocycles. The Labute approximate surface area is 233 Å². The summed E-state index contributed by atoms with van der Waals surface area (Å²) in [6, 6.07) is 7.83. The van der Waals surface area contributed by atoms with Gasteiger partial charge in [0, 0.05) is 30.6 Å². The van der Waals surface area contributed by atoms with E-state index >= 15 is 0 Å². The summed E-state index contributed by atoms with van der Waals surface area (Å²) in [5.41, 5.74) is 1.18. The van der Waals surface area contributed by atoms with Crippen LogP contribution >= 0.6 is 43.4 Å². The van der Waals surface area contributed by atoms with Crippen molar-refractivity contribution in [1.29, 1.82) is 5.26 Å². The molecule has 5 rings (SSSR count). The van der Waals surface area contributed by atoms with E-state index in [1.54, 1.807) is 12.1 Å². The minimum absolute atomic E-state index is 0.0964. The number of hydrogen-bond donors (Lipinski definition) is 1. The molecule has 3 aromatic rings. The van der Waals surface area contributed by atoms with Gasteiger partial charge < -0.3 is 14.4 Å². The van der Waals surface area contributed by atoms with E-state index in [0.29, 0.717) is 30.7 Å². The van der Waals surface area contributed by atoms with E-state index in [4.69, 9.17) is 16.4 Å². The Bertz CT molecular complexity index is 1530. The predicted octanol–water partition coefficient (Wildman–Crippen LogP) is 5.05. The zero-order valence-electron chi connectivity index (χ0n) is 19.8. The van der Waals surface area contributed by atoms with Gasteiger partial charge in [-0.25, -0.2) is 9.38 Å². The van der Waals surface area contributed by atoms with Gasteiger partial charge in [-0.3, -0.25) is 9.69 Å². The molecule has 0 unspecified atom stereocenters. The third-order valence-electron chi connectivity index (χ3n) is 5.58. The van der Waals surface area contributed by atoms with Gasteiger partial charge in [-0.05, 0) is 55.5 Å². The number of terminal acetylenes is 1. The lowest BCUT2D eigenvalue weighted by atomic mass is 9.92. The van der Waals surface area contributed by atoms with Crippen molar-refractivity contribution in [3.8, 4) is 29.9 Å². The number of amides is 1. The number of halogens is 3. The van der Waals surface area contributed by atoms with Gasteiger partial charge in [0.1, 0.15) is 23.0 Å². The quantitative estimate of drug-likeness (QED) is 0.392. The van der Waals surface area contributed by atoms with Gasteiger partial charge in [-0.2, -0.15) is 9.64 Å². The normalized spacial score (nSPS) is 15.6. The number of carbonyl (C=O) groups excluding carboxylic acids is 1. The lowest BCUT2D eigenvalue weighted by Crippen LogP contribution is -2.39. The fourth-order valence-electron chi connectivity index (χ4n) is 3.88. The topological polar surface area (TPSA) is 104 Å². The van der Waals surface area contributed by atoms with Crippen molar-refractivity contribution in [1.82, 2.24) is 8.94 Å². The highest BCUT2D eigenvalue weighted by molar-refractivity contribution is 9.11. The third-order valence-corrected chi connectivity index (χ3v) is 7.57. The molecule has 2 aliphatic rings. The Kier molecular flexibility index (Phi) is 7.74. The first-order chi connectivity index (χ1) is 17.5. The Balaban J connectivity index is 0.000000245. The number of aromatic hydroxyl groups is 1. The van der Waals surface area contributed by atoms with Crippen LogP contribution in [0.5, 0.6) is 11.5 Å². The van der Waals surface area contributed by atoms with Crippen LogP contribution in [-0.2, 0) is 17.8 Å². The van der Waals surface area contributed by atoms with Gasteiger partial charge in [-0.15, -0.1) is 6.42 Å². The van der Waals surface area contributed by atoms with E-state index in [1.807, 2.05) is 10.6 Å². The van der Waals surface area contributed by atoms with Crippen LogP contribution in [0.4, 0.5) is 15.8 Å². The van der Waals surface area contributed by atoms with Crippen LogP contribution in [0.2, 0.25) is 0 Å². The summed E-state index contributed by atoms with van der Waals surface area (Å²) in [4.78, 5) is 18.6. The second kappa shape index (κ2) is 10.7. The summed E-state index contributed by atoms with van der Waals surface area (Å²) in [6.45, 7) is 5.05. The second-order valence-electron chi connectivity index (χ2n) is 9.06. The molecule has 0 fully saturated rings. The van der Waals surface area contributed by atoms with Crippen molar-refractivity contribution in [3.63, 3.8) is 0 Å². The molecule has 3 heterocycles. The fraction of sp³-hybridized carbons (Fsp3) is 0.280. The Hall–Kier alpha value is -3.19. The van der Waals surface area contributed by atoms with E-state index in [9.17, 15) is 14.3 Å². The highest BCUT2D eigenvalue weighted by Gasteiger charge is 2.31. The standard InChI is InChI=1S/C18H17FN4O2S.C7H3Br2NO/c1-4-5-22-13-7-12(11(19)6-14(13)25-9-16(22)24)20-17-23-10-18(2,3)8-15(23)21-26-17;8-5-1-4(3-10)2-6(9)7(5)11/h1,6-7H,5,8-10H2,2-3H3;1-2,11H. The van der Waals surface area contributed by atoms with Gasteiger partial charge in [0.25, 0.3) is 5.91 Å². The minimum Gasteiger partial charge on any atom is -0.506 e. The number of phenols is 1. The van der Waals surface area contributed by atoms with E-state index in [2.05, 4.69) is 61.0 Å². The molecule has 0 saturated carbocycles. The van der Waals surface area contributed by atoms with Gasteiger partial charge >= 0.3 is 0 Å². The maximum absolute atomic E-state index is 14.5. The SMILES string of the molecule is C#CCN1C(=O)COc2cc(F)c(N=c3snc4n3CC(C)(C)C4)cc21.N#Cc1cc(Br)c(O)c(Br)c1. The molecule has 190 valence electrons. The maximum atomic E-state index is 14.5. The molecule has 1 N–H and O–H groups in total. The highest BCUT2D eigenvalue weighted by atomic mass is 79.9. The van der Waals surface area contributed by atoms with E-state index in [1.165, 1.54) is 28.6 Å². The van der Waals surface area contributed by atoms with Crippen LogP contribution in [0.25, 0.3) is 0 Å². The van der Waals surface area contributed by atoms with Crippen molar-refractivity contribution in [2.75, 3.05) is 18.1 Å². The monoisotopic (exact) mass is 647 g/mol.